The molecule has 0 fully saturated rings. The molecular weight excluding hydrogens is 242 g/mol. The second kappa shape index (κ2) is 4.98. The first-order valence-corrected chi connectivity index (χ1v) is 5.16. The van der Waals surface area contributed by atoms with Gasteiger partial charge in [0.25, 0.3) is 5.56 Å². The normalized spacial score (nSPS) is 22.1. The molecule has 8 heteroatoms. The Hall–Kier alpha value is -2.19. The second-order valence-electron chi connectivity index (χ2n) is 3.60. The van der Waals surface area contributed by atoms with Crippen molar-refractivity contribution in [3.8, 4) is 0 Å². The van der Waals surface area contributed by atoms with E-state index in [1.54, 1.807) is 12.2 Å². The Kier molecular flexibility index (Phi) is 3.40. The summed E-state index contributed by atoms with van der Waals surface area (Å²) in [7, 11) is 0. The maximum absolute atomic E-state index is 11.6. The highest BCUT2D eigenvalue weighted by Gasteiger charge is 2.21. The summed E-state index contributed by atoms with van der Waals surface area (Å²) in [6.45, 7) is -0.204. The molecule has 0 radical (unpaired) electrons. The number of aliphatic hydroxyl groups excluding tert-OH is 1. The van der Waals surface area contributed by atoms with Crippen LogP contribution in [0.1, 0.15) is 6.23 Å². The number of nitrogens with one attached hydrogen (secondary N) is 2. The molecule has 18 heavy (non-hydrogen) atoms. The summed E-state index contributed by atoms with van der Waals surface area (Å²) < 4.78 is 6.42. The van der Waals surface area contributed by atoms with Gasteiger partial charge in [0.05, 0.1) is 6.61 Å². The van der Waals surface area contributed by atoms with E-state index in [-0.39, 0.29) is 12.3 Å². The van der Waals surface area contributed by atoms with E-state index >= 15 is 0 Å². The Bertz CT molecular complexity index is 588. The van der Waals surface area contributed by atoms with Crippen LogP contribution < -0.4 is 16.6 Å². The summed E-state index contributed by atoms with van der Waals surface area (Å²) in [4.78, 5) is 35.3. The standard InChI is InChI=1S/C10H11N3O5/c14-4-6-1-2-8(18-6)13-3-7(11-5-15)9(16)12-10(13)17/h1-3,5-6,8,14H,4H2,(H,11,15)(H,12,16,17)/t6-,8+/m1/s1. The summed E-state index contributed by atoms with van der Waals surface area (Å²) >= 11 is 0. The van der Waals surface area contributed by atoms with Crippen LogP contribution in [-0.2, 0) is 9.53 Å². The summed E-state index contributed by atoms with van der Waals surface area (Å²) in [5, 5.41) is 11.1. The Balaban J connectivity index is 2.37. The van der Waals surface area contributed by atoms with Crippen molar-refractivity contribution in [3.05, 3.63) is 39.2 Å². The van der Waals surface area contributed by atoms with Crippen molar-refractivity contribution in [3.63, 3.8) is 0 Å². The average Bonchev–Trinajstić information content (AvgIpc) is 2.81. The predicted molar refractivity (Wildman–Crippen MR) is 61.1 cm³/mol. The fourth-order valence-electron chi connectivity index (χ4n) is 1.59. The van der Waals surface area contributed by atoms with Gasteiger partial charge in [-0.3, -0.25) is 19.1 Å². The van der Waals surface area contributed by atoms with E-state index in [4.69, 9.17) is 9.84 Å². The maximum Gasteiger partial charge on any atom is 0.330 e. The second-order valence-corrected chi connectivity index (χ2v) is 3.60. The highest BCUT2D eigenvalue weighted by atomic mass is 16.5. The number of carbonyl (C=O) groups excluding carboxylic acids is 1. The van der Waals surface area contributed by atoms with Crippen molar-refractivity contribution < 1.29 is 14.6 Å². The van der Waals surface area contributed by atoms with Crippen LogP contribution in [0.3, 0.4) is 0 Å². The maximum atomic E-state index is 11.6. The topological polar surface area (TPSA) is 113 Å². The third kappa shape index (κ3) is 2.24. The molecule has 0 saturated heterocycles. The third-order valence-corrected chi connectivity index (χ3v) is 2.44. The van der Waals surface area contributed by atoms with Crippen molar-refractivity contribution in [2.45, 2.75) is 12.3 Å². The number of aliphatic hydroxyl groups is 1. The number of nitrogens with zero attached hydrogens (tertiary/aromatic N) is 1. The summed E-state index contributed by atoms with van der Waals surface area (Å²) in [6, 6.07) is 0. The molecular formula is C10H11N3O5. The lowest BCUT2D eigenvalue weighted by atomic mass is 10.4. The molecule has 0 spiro atoms. The lowest BCUT2D eigenvalue weighted by Crippen LogP contribution is -2.33. The van der Waals surface area contributed by atoms with Crippen molar-refractivity contribution in [2.75, 3.05) is 11.9 Å². The van der Waals surface area contributed by atoms with Gasteiger partial charge >= 0.3 is 5.69 Å². The first-order chi connectivity index (χ1) is 8.65. The summed E-state index contributed by atoms with van der Waals surface area (Å²) in [5.74, 6) is 0. The summed E-state index contributed by atoms with van der Waals surface area (Å²) in [5.41, 5.74) is -1.41. The molecule has 2 heterocycles. The number of rotatable bonds is 4. The fourth-order valence-corrected chi connectivity index (χ4v) is 1.59. The number of hydrogen-bond acceptors (Lipinski definition) is 5. The SMILES string of the molecule is O=CNc1cn([C@@H]2C=C[C@H](CO)O2)c(=O)[nH]c1=O. The smallest absolute Gasteiger partial charge is 0.330 e. The molecule has 0 saturated carbocycles. The molecule has 1 aliphatic heterocycles. The van der Waals surface area contributed by atoms with Crippen LogP contribution in [0.25, 0.3) is 0 Å². The molecule has 8 nitrogen and oxygen atoms in total. The van der Waals surface area contributed by atoms with Gasteiger partial charge in [0.15, 0.2) is 6.23 Å². The van der Waals surface area contributed by atoms with Crippen LogP contribution in [0.15, 0.2) is 27.9 Å². The zero-order chi connectivity index (χ0) is 13.1. The first-order valence-electron chi connectivity index (χ1n) is 5.16. The van der Waals surface area contributed by atoms with Crippen LogP contribution in [0.5, 0.6) is 0 Å². The molecule has 96 valence electrons. The zero-order valence-corrected chi connectivity index (χ0v) is 9.20. The van der Waals surface area contributed by atoms with E-state index in [0.29, 0.717) is 6.41 Å². The Morgan fingerprint density at radius 1 is 1.50 bits per heavy atom. The molecule has 3 N–H and O–H groups in total. The number of ether oxygens (including phenoxy) is 1. The Morgan fingerprint density at radius 2 is 2.28 bits per heavy atom. The number of aromatic nitrogens is 2. The summed E-state index contributed by atoms with van der Waals surface area (Å²) in [6.07, 6.45) is 3.49. The Morgan fingerprint density at radius 3 is 2.89 bits per heavy atom. The quantitative estimate of drug-likeness (QED) is 0.449. The van der Waals surface area contributed by atoms with Gasteiger partial charge in [-0.2, -0.15) is 0 Å². The van der Waals surface area contributed by atoms with Gasteiger partial charge in [-0.15, -0.1) is 0 Å². The van der Waals surface area contributed by atoms with Crippen LogP contribution in [0.2, 0.25) is 0 Å². The monoisotopic (exact) mass is 253 g/mol. The first kappa shape index (κ1) is 12.3. The molecule has 0 aromatic carbocycles. The molecule has 1 aromatic rings. The van der Waals surface area contributed by atoms with Crippen LogP contribution in [0, 0.1) is 0 Å². The van der Waals surface area contributed by atoms with Crippen LogP contribution in [0.4, 0.5) is 5.69 Å². The number of anilines is 1. The average molecular weight is 253 g/mol. The van der Waals surface area contributed by atoms with E-state index in [1.165, 1.54) is 6.20 Å². The van der Waals surface area contributed by atoms with E-state index in [2.05, 4.69) is 10.3 Å². The molecule has 1 aliphatic rings. The third-order valence-electron chi connectivity index (χ3n) is 2.44. The van der Waals surface area contributed by atoms with Gasteiger partial charge in [-0.05, 0) is 6.08 Å². The van der Waals surface area contributed by atoms with Crippen LogP contribution in [-0.4, -0.2) is 33.8 Å². The van der Waals surface area contributed by atoms with Gasteiger partial charge in [-0.1, -0.05) is 6.08 Å². The zero-order valence-electron chi connectivity index (χ0n) is 9.20. The van der Waals surface area contributed by atoms with Crippen molar-refractivity contribution in [1.29, 1.82) is 0 Å². The molecule has 1 aromatic heterocycles. The van der Waals surface area contributed by atoms with Gasteiger partial charge in [0, 0.05) is 6.20 Å². The van der Waals surface area contributed by atoms with E-state index in [0.717, 1.165) is 4.57 Å². The predicted octanol–water partition coefficient (Wildman–Crippen LogP) is -1.45. The highest BCUT2D eigenvalue weighted by molar-refractivity contribution is 5.69. The van der Waals surface area contributed by atoms with Crippen molar-refractivity contribution >= 4 is 12.1 Å². The molecule has 0 unspecified atom stereocenters. The molecule has 2 atom stereocenters. The molecule has 1 amide bonds. The molecule has 0 bridgehead atoms. The van der Waals surface area contributed by atoms with E-state index in [9.17, 15) is 14.4 Å². The fraction of sp³-hybridized carbons (Fsp3) is 0.300. The number of H-pyrrole nitrogens is 1. The minimum Gasteiger partial charge on any atom is -0.393 e. The Labute approximate surface area is 101 Å². The van der Waals surface area contributed by atoms with Gasteiger partial charge < -0.3 is 15.2 Å². The van der Waals surface area contributed by atoms with Crippen molar-refractivity contribution in [2.24, 2.45) is 0 Å². The minimum absolute atomic E-state index is 0.0611. The van der Waals surface area contributed by atoms with Gasteiger partial charge in [0.1, 0.15) is 11.8 Å². The number of amides is 1. The highest BCUT2D eigenvalue weighted by Crippen LogP contribution is 2.19. The largest absolute Gasteiger partial charge is 0.393 e. The van der Waals surface area contributed by atoms with Gasteiger partial charge in [0.2, 0.25) is 6.41 Å². The molecule has 2 rings (SSSR count). The van der Waals surface area contributed by atoms with Crippen molar-refractivity contribution in [1.82, 2.24) is 9.55 Å². The number of hydrogen-bond donors (Lipinski definition) is 3. The lowest BCUT2D eigenvalue weighted by molar-refractivity contribution is -0.105. The lowest BCUT2D eigenvalue weighted by Gasteiger charge is -2.15. The number of carbonyl (C=O) groups is 1. The van der Waals surface area contributed by atoms with E-state index < -0.39 is 23.6 Å². The molecule has 0 aliphatic carbocycles. The number of aromatic amines is 1. The minimum atomic E-state index is -0.723. The van der Waals surface area contributed by atoms with Crippen LogP contribution >= 0.6 is 0 Å². The van der Waals surface area contributed by atoms with E-state index in [1.807, 2.05) is 0 Å². The van der Waals surface area contributed by atoms with Gasteiger partial charge in [-0.25, -0.2) is 4.79 Å².